The number of alkyl halides is 1. The van der Waals surface area contributed by atoms with E-state index in [2.05, 4.69) is 15.9 Å². The van der Waals surface area contributed by atoms with Gasteiger partial charge in [-0.1, -0.05) is 15.9 Å². The van der Waals surface area contributed by atoms with E-state index < -0.39 is 4.92 Å². The lowest BCUT2D eigenvalue weighted by atomic mass is 10.1. The fourth-order valence-corrected chi connectivity index (χ4v) is 1.53. The number of halogens is 1. The van der Waals surface area contributed by atoms with Gasteiger partial charge in [0.1, 0.15) is 0 Å². The molecule has 0 aromatic heterocycles. The van der Waals surface area contributed by atoms with Gasteiger partial charge < -0.3 is 5.11 Å². The van der Waals surface area contributed by atoms with E-state index in [-0.39, 0.29) is 12.3 Å². The van der Waals surface area contributed by atoms with E-state index >= 15 is 0 Å². The molecule has 70 valence electrons. The Kier molecular flexibility index (Phi) is 3.39. The van der Waals surface area contributed by atoms with Gasteiger partial charge in [0.2, 0.25) is 0 Å². The molecule has 0 atom stereocenters. The molecule has 0 fully saturated rings. The van der Waals surface area contributed by atoms with Crippen LogP contribution in [0.5, 0.6) is 0 Å². The fourth-order valence-electron chi connectivity index (χ4n) is 1.00. The lowest BCUT2D eigenvalue weighted by Gasteiger charge is -2.02. The summed E-state index contributed by atoms with van der Waals surface area (Å²) in [6.45, 7) is -0.0983. The van der Waals surface area contributed by atoms with E-state index in [0.29, 0.717) is 10.9 Å². The average molecular weight is 246 g/mol. The van der Waals surface area contributed by atoms with Crippen LogP contribution in [0, 0.1) is 10.1 Å². The van der Waals surface area contributed by atoms with Crippen LogP contribution in [-0.4, -0.2) is 10.0 Å². The van der Waals surface area contributed by atoms with Crippen molar-refractivity contribution in [1.29, 1.82) is 0 Å². The Hall–Kier alpha value is -0.940. The topological polar surface area (TPSA) is 63.4 Å². The molecule has 0 radical (unpaired) electrons. The zero-order valence-electron chi connectivity index (χ0n) is 6.74. The van der Waals surface area contributed by atoms with Gasteiger partial charge in [-0.05, 0) is 17.2 Å². The van der Waals surface area contributed by atoms with E-state index in [4.69, 9.17) is 5.11 Å². The van der Waals surface area contributed by atoms with Gasteiger partial charge in [-0.15, -0.1) is 0 Å². The highest BCUT2D eigenvalue weighted by Crippen LogP contribution is 2.19. The second-order valence-electron chi connectivity index (χ2n) is 2.50. The number of aliphatic hydroxyl groups excluding tert-OH is 1. The molecule has 0 unspecified atom stereocenters. The first-order valence-electron chi connectivity index (χ1n) is 3.62. The highest BCUT2D eigenvalue weighted by atomic mass is 79.9. The maximum absolute atomic E-state index is 10.4. The highest BCUT2D eigenvalue weighted by Gasteiger charge is 2.08. The molecular formula is C8H8BrNO3. The summed E-state index contributed by atoms with van der Waals surface area (Å²) < 4.78 is 0. The molecular weight excluding hydrogens is 238 g/mol. The van der Waals surface area contributed by atoms with Crippen LogP contribution in [0.15, 0.2) is 18.2 Å². The van der Waals surface area contributed by atoms with Crippen LogP contribution in [0.1, 0.15) is 11.1 Å². The molecule has 13 heavy (non-hydrogen) atoms. The molecule has 0 aliphatic carbocycles. The molecule has 0 heterocycles. The van der Waals surface area contributed by atoms with Crippen LogP contribution in [0.3, 0.4) is 0 Å². The number of hydrogen-bond acceptors (Lipinski definition) is 3. The monoisotopic (exact) mass is 245 g/mol. The number of rotatable bonds is 3. The molecule has 0 aliphatic rings. The zero-order chi connectivity index (χ0) is 9.84. The first-order chi connectivity index (χ1) is 6.19. The van der Waals surface area contributed by atoms with E-state index in [0.717, 1.165) is 5.56 Å². The van der Waals surface area contributed by atoms with Gasteiger partial charge in [-0.25, -0.2) is 0 Å². The molecule has 1 aromatic rings. The first-order valence-corrected chi connectivity index (χ1v) is 4.74. The van der Waals surface area contributed by atoms with Crippen LogP contribution in [-0.2, 0) is 11.9 Å². The smallest absolute Gasteiger partial charge is 0.269 e. The Balaban J connectivity index is 3.13. The Labute approximate surface area is 83.5 Å². The summed E-state index contributed by atoms with van der Waals surface area (Å²) in [5.41, 5.74) is 1.51. The summed E-state index contributed by atoms with van der Waals surface area (Å²) in [6.07, 6.45) is 0. The lowest BCUT2D eigenvalue weighted by Crippen LogP contribution is -1.94. The van der Waals surface area contributed by atoms with Crippen LogP contribution in [0.2, 0.25) is 0 Å². The van der Waals surface area contributed by atoms with Gasteiger partial charge >= 0.3 is 0 Å². The summed E-state index contributed by atoms with van der Waals surface area (Å²) in [5.74, 6) is 0. The maximum atomic E-state index is 10.4. The van der Waals surface area contributed by atoms with Crippen LogP contribution >= 0.6 is 15.9 Å². The van der Waals surface area contributed by atoms with E-state index in [1.54, 1.807) is 6.07 Å². The highest BCUT2D eigenvalue weighted by molar-refractivity contribution is 9.08. The van der Waals surface area contributed by atoms with Crippen molar-refractivity contribution in [3.63, 3.8) is 0 Å². The van der Waals surface area contributed by atoms with E-state index in [1.165, 1.54) is 12.1 Å². The predicted octanol–water partition coefficient (Wildman–Crippen LogP) is 1.98. The molecule has 0 amide bonds. The molecule has 1 rings (SSSR count). The Bertz CT molecular complexity index is 327. The number of aliphatic hydroxyl groups is 1. The third kappa shape index (κ3) is 2.26. The van der Waals surface area contributed by atoms with Crippen molar-refractivity contribution in [1.82, 2.24) is 0 Å². The molecule has 5 heteroatoms. The quantitative estimate of drug-likeness (QED) is 0.503. The molecule has 4 nitrogen and oxygen atoms in total. The number of benzene rings is 1. The zero-order valence-corrected chi connectivity index (χ0v) is 8.32. The van der Waals surface area contributed by atoms with Crippen molar-refractivity contribution in [2.75, 3.05) is 0 Å². The molecule has 1 aromatic carbocycles. The SMILES string of the molecule is O=[N+]([O-])c1ccc(CO)c(CBr)c1. The van der Waals surface area contributed by atoms with Crippen molar-refractivity contribution >= 4 is 21.6 Å². The summed E-state index contributed by atoms with van der Waals surface area (Å²) in [5, 5.41) is 19.8. The van der Waals surface area contributed by atoms with Crippen LogP contribution in [0.25, 0.3) is 0 Å². The molecule has 0 bridgehead atoms. The van der Waals surface area contributed by atoms with Crippen molar-refractivity contribution in [2.45, 2.75) is 11.9 Å². The molecule has 1 N–H and O–H groups in total. The van der Waals surface area contributed by atoms with E-state index in [9.17, 15) is 10.1 Å². The number of nitro groups is 1. The van der Waals surface area contributed by atoms with Gasteiger partial charge in [-0.2, -0.15) is 0 Å². The molecule has 0 saturated heterocycles. The third-order valence-corrected chi connectivity index (χ3v) is 2.32. The molecule has 0 spiro atoms. The van der Waals surface area contributed by atoms with Crippen molar-refractivity contribution in [3.8, 4) is 0 Å². The summed E-state index contributed by atoms with van der Waals surface area (Å²) >= 11 is 3.20. The Morgan fingerprint density at radius 3 is 2.62 bits per heavy atom. The Morgan fingerprint density at radius 1 is 1.46 bits per heavy atom. The third-order valence-electron chi connectivity index (χ3n) is 1.71. The second kappa shape index (κ2) is 4.34. The predicted molar refractivity (Wildman–Crippen MR) is 51.7 cm³/mol. The fraction of sp³-hybridized carbons (Fsp3) is 0.250. The van der Waals surface area contributed by atoms with Gasteiger partial charge in [0.05, 0.1) is 11.5 Å². The van der Waals surface area contributed by atoms with Crippen LogP contribution in [0.4, 0.5) is 5.69 Å². The summed E-state index contributed by atoms with van der Waals surface area (Å²) in [7, 11) is 0. The number of nitro benzene ring substituents is 1. The van der Waals surface area contributed by atoms with Gasteiger partial charge in [-0.3, -0.25) is 10.1 Å². The number of nitrogens with zero attached hydrogens (tertiary/aromatic N) is 1. The lowest BCUT2D eigenvalue weighted by molar-refractivity contribution is -0.384. The molecule has 0 aliphatic heterocycles. The maximum Gasteiger partial charge on any atom is 0.269 e. The Morgan fingerprint density at radius 2 is 2.15 bits per heavy atom. The first kappa shape index (κ1) is 10.1. The van der Waals surface area contributed by atoms with E-state index in [1.807, 2.05) is 0 Å². The van der Waals surface area contributed by atoms with Crippen molar-refractivity contribution in [3.05, 3.63) is 39.4 Å². The number of hydrogen-bond donors (Lipinski definition) is 1. The van der Waals surface area contributed by atoms with Gasteiger partial charge in [0, 0.05) is 17.5 Å². The standard InChI is InChI=1S/C8H8BrNO3/c9-4-7-3-8(10(12)13)2-1-6(7)5-11/h1-3,11H,4-5H2. The van der Waals surface area contributed by atoms with Crippen molar-refractivity contribution < 1.29 is 10.0 Å². The van der Waals surface area contributed by atoms with Crippen molar-refractivity contribution in [2.24, 2.45) is 0 Å². The van der Waals surface area contributed by atoms with Crippen LogP contribution < -0.4 is 0 Å². The minimum atomic E-state index is -0.451. The summed E-state index contributed by atoms with van der Waals surface area (Å²) in [6, 6.07) is 4.41. The average Bonchev–Trinajstić information content (AvgIpc) is 2.16. The minimum absolute atomic E-state index is 0.0478. The summed E-state index contributed by atoms with van der Waals surface area (Å²) in [4.78, 5) is 9.95. The molecule has 0 saturated carbocycles. The normalized spacial score (nSPS) is 10.0. The largest absolute Gasteiger partial charge is 0.392 e. The second-order valence-corrected chi connectivity index (χ2v) is 3.06. The number of non-ortho nitro benzene ring substituents is 1. The minimum Gasteiger partial charge on any atom is -0.392 e. The van der Waals surface area contributed by atoms with Gasteiger partial charge in [0.25, 0.3) is 5.69 Å². The van der Waals surface area contributed by atoms with Gasteiger partial charge in [0.15, 0.2) is 0 Å².